The number of amides is 2. The third kappa shape index (κ3) is 6.52. The number of para-hydroxylation sites is 1. The first-order valence-corrected chi connectivity index (χ1v) is 14.3. The van der Waals surface area contributed by atoms with Gasteiger partial charge in [-0.05, 0) is 57.5 Å². The normalized spacial score (nSPS) is 16.0. The van der Waals surface area contributed by atoms with Gasteiger partial charge in [-0.2, -0.15) is 13.2 Å². The minimum Gasteiger partial charge on any atom is -0.437 e. The number of likely N-dealkylation sites (tertiary alicyclic amines) is 1. The summed E-state index contributed by atoms with van der Waals surface area (Å²) in [5.41, 5.74) is 0.168. The molecule has 3 heterocycles. The Labute approximate surface area is 244 Å². The van der Waals surface area contributed by atoms with Gasteiger partial charge in [-0.3, -0.25) is 14.5 Å². The minimum absolute atomic E-state index is 0.00435. The average Bonchev–Trinajstić information content (AvgIpc) is 3.35. The molecule has 0 unspecified atom stereocenters. The maximum Gasteiger partial charge on any atom is 0.416 e. The summed E-state index contributed by atoms with van der Waals surface area (Å²) < 4.78 is 47.8. The molecular formula is C29H29F3N6O3S. The largest absolute Gasteiger partial charge is 0.437 e. The first kappa shape index (κ1) is 29.4. The molecule has 1 aliphatic heterocycles. The van der Waals surface area contributed by atoms with Crippen LogP contribution in [-0.2, 0) is 15.8 Å². The van der Waals surface area contributed by atoms with Gasteiger partial charge in [-0.25, -0.2) is 15.0 Å². The number of carbonyl (C=O) groups excluding carboxylic acids is 2. The zero-order chi connectivity index (χ0) is 30.0. The topological polar surface area (TPSA) is 109 Å². The molecule has 1 atom stereocenters. The molecule has 2 aromatic carbocycles. The van der Waals surface area contributed by atoms with Crippen LogP contribution < -0.4 is 15.4 Å². The molecule has 9 nitrogen and oxygen atoms in total. The lowest BCUT2D eigenvalue weighted by molar-refractivity contribution is -0.137. The van der Waals surface area contributed by atoms with Crippen LogP contribution in [0.5, 0.6) is 11.6 Å². The molecule has 4 aromatic rings. The Bertz CT molecular complexity index is 1620. The number of aromatic nitrogens is 3. The van der Waals surface area contributed by atoms with E-state index in [4.69, 9.17) is 4.74 Å². The summed E-state index contributed by atoms with van der Waals surface area (Å²) >= 11 is 1.28. The summed E-state index contributed by atoms with van der Waals surface area (Å²) in [4.78, 5) is 39.8. The van der Waals surface area contributed by atoms with Gasteiger partial charge in [0.05, 0.1) is 27.7 Å². The van der Waals surface area contributed by atoms with E-state index in [-0.39, 0.29) is 40.7 Å². The quantitative estimate of drug-likeness (QED) is 0.243. The number of benzene rings is 2. The van der Waals surface area contributed by atoms with Crippen LogP contribution >= 0.6 is 11.3 Å². The molecule has 0 spiro atoms. The Morgan fingerprint density at radius 1 is 1.10 bits per heavy atom. The summed E-state index contributed by atoms with van der Waals surface area (Å²) in [5.74, 6) is -0.120. The van der Waals surface area contributed by atoms with Crippen molar-refractivity contribution in [1.82, 2.24) is 19.9 Å². The number of anilines is 2. The van der Waals surface area contributed by atoms with Crippen molar-refractivity contribution in [3.63, 3.8) is 0 Å². The lowest BCUT2D eigenvalue weighted by atomic mass is 9.99. The smallest absolute Gasteiger partial charge is 0.416 e. The summed E-state index contributed by atoms with van der Waals surface area (Å²) in [6.07, 6.45) is -0.921. The van der Waals surface area contributed by atoms with Crippen LogP contribution in [-0.4, -0.2) is 50.3 Å². The minimum atomic E-state index is -4.60. The number of hydrogen-bond donors (Lipinski definition) is 2. The van der Waals surface area contributed by atoms with Gasteiger partial charge < -0.3 is 15.4 Å². The maximum absolute atomic E-state index is 13.7. The molecule has 0 radical (unpaired) electrons. The molecule has 13 heteroatoms. The van der Waals surface area contributed by atoms with E-state index >= 15 is 0 Å². The van der Waals surface area contributed by atoms with E-state index in [2.05, 4.69) is 30.5 Å². The number of thiazole rings is 1. The monoisotopic (exact) mass is 598 g/mol. The highest BCUT2D eigenvalue weighted by molar-refractivity contribution is 7.22. The van der Waals surface area contributed by atoms with Crippen LogP contribution in [0.3, 0.4) is 0 Å². The molecule has 2 N–H and O–H groups in total. The number of hydrogen-bond acceptors (Lipinski definition) is 8. The van der Waals surface area contributed by atoms with Crippen molar-refractivity contribution in [1.29, 1.82) is 0 Å². The average molecular weight is 599 g/mol. The van der Waals surface area contributed by atoms with E-state index in [0.717, 1.165) is 36.2 Å². The Kier molecular flexibility index (Phi) is 8.41. The van der Waals surface area contributed by atoms with Crippen molar-refractivity contribution < 1.29 is 27.5 Å². The number of ether oxygens (including phenoxy) is 1. The van der Waals surface area contributed by atoms with Crippen LogP contribution in [0.25, 0.3) is 21.5 Å². The van der Waals surface area contributed by atoms with E-state index in [9.17, 15) is 22.8 Å². The second-order valence-electron chi connectivity index (χ2n) is 10.2. The second kappa shape index (κ2) is 12.0. The number of carbonyl (C=O) groups is 2. The van der Waals surface area contributed by atoms with E-state index in [0.29, 0.717) is 22.8 Å². The van der Waals surface area contributed by atoms with Crippen molar-refractivity contribution in [2.24, 2.45) is 0 Å². The van der Waals surface area contributed by atoms with Crippen LogP contribution in [0, 0.1) is 0 Å². The molecule has 1 fully saturated rings. The third-order valence-electron chi connectivity index (χ3n) is 6.91. The standard InChI is InChI=1S/C29H29F3N6O3S/c1-16(2)38-12-5-4-7-22(38)27(40)36-21-13-18(29(30,31)32)10-11-19(21)20-14-25(34-15-33-20)41-23-8-6-9-24-26(23)37-28(42-24)35-17(3)39/h6,8-11,13-16,22H,4-5,7,12H2,1-3H3,(H,36,40)(H,35,37,39)/t22-/m1/s1. The van der Waals surface area contributed by atoms with Crippen molar-refractivity contribution in [3.8, 4) is 22.9 Å². The van der Waals surface area contributed by atoms with Crippen molar-refractivity contribution in [3.05, 3.63) is 54.4 Å². The lowest BCUT2D eigenvalue weighted by Gasteiger charge is -2.37. The lowest BCUT2D eigenvalue weighted by Crippen LogP contribution is -2.50. The van der Waals surface area contributed by atoms with E-state index in [1.807, 2.05) is 19.9 Å². The molecule has 2 amide bonds. The molecule has 1 aliphatic rings. The fourth-order valence-corrected chi connectivity index (χ4v) is 5.91. The van der Waals surface area contributed by atoms with Crippen molar-refractivity contribution in [2.75, 3.05) is 17.2 Å². The number of rotatable bonds is 7. The maximum atomic E-state index is 13.7. The van der Waals surface area contributed by atoms with Crippen molar-refractivity contribution in [2.45, 2.75) is 58.3 Å². The molecule has 42 heavy (non-hydrogen) atoms. The molecular weight excluding hydrogens is 569 g/mol. The van der Waals surface area contributed by atoms with Gasteiger partial charge in [0.1, 0.15) is 11.8 Å². The first-order valence-electron chi connectivity index (χ1n) is 13.4. The molecule has 220 valence electrons. The van der Waals surface area contributed by atoms with Gasteiger partial charge in [-0.1, -0.05) is 29.9 Å². The summed E-state index contributed by atoms with van der Waals surface area (Å²) in [7, 11) is 0. The highest BCUT2D eigenvalue weighted by Crippen LogP contribution is 2.38. The van der Waals surface area contributed by atoms with E-state index < -0.39 is 17.8 Å². The molecule has 0 saturated carbocycles. The van der Waals surface area contributed by atoms with Crippen LogP contribution in [0.4, 0.5) is 24.0 Å². The van der Waals surface area contributed by atoms with E-state index in [1.165, 1.54) is 36.7 Å². The van der Waals surface area contributed by atoms with Crippen LogP contribution in [0.15, 0.2) is 48.8 Å². The summed E-state index contributed by atoms with van der Waals surface area (Å²) in [6, 6.07) is 9.60. The summed E-state index contributed by atoms with van der Waals surface area (Å²) in [6.45, 7) is 6.13. The molecule has 5 rings (SSSR count). The van der Waals surface area contributed by atoms with Crippen LogP contribution in [0.2, 0.25) is 0 Å². The highest BCUT2D eigenvalue weighted by atomic mass is 32.1. The van der Waals surface area contributed by atoms with Gasteiger partial charge >= 0.3 is 6.18 Å². The van der Waals surface area contributed by atoms with Gasteiger partial charge in [0, 0.05) is 24.6 Å². The molecule has 0 aliphatic carbocycles. The van der Waals surface area contributed by atoms with Gasteiger partial charge in [0.25, 0.3) is 0 Å². The number of nitrogens with one attached hydrogen (secondary N) is 2. The first-order chi connectivity index (χ1) is 20.0. The van der Waals surface area contributed by atoms with Gasteiger partial charge in [0.2, 0.25) is 17.7 Å². The Hall–Kier alpha value is -4.10. The number of piperidine rings is 1. The van der Waals surface area contributed by atoms with E-state index in [1.54, 1.807) is 12.1 Å². The number of halogens is 3. The fourth-order valence-electron chi connectivity index (χ4n) is 4.98. The van der Waals surface area contributed by atoms with Gasteiger partial charge in [-0.15, -0.1) is 0 Å². The molecule has 0 bridgehead atoms. The van der Waals surface area contributed by atoms with Crippen LogP contribution in [0.1, 0.15) is 45.6 Å². The molecule has 2 aromatic heterocycles. The SMILES string of the molecule is CC(=O)Nc1nc2c(Oc3cc(-c4ccc(C(F)(F)F)cc4NC(=O)[C@H]4CCCCN4C(C)C)ncn3)cccc2s1. The third-order valence-corrected chi connectivity index (χ3v) is 7.85. The Morgan fingerprint density at radius 2 is 1.90 bits per heavy atom. The predicted octanol–water partition coefficient (Wildman–Crippen LogP) is 6.72. The molecule has 1 saturated heterocycles. The Balaban J connectivity index is 1.47. The zero-order valence-electron chi connectivity index (χ0n) is 23.2. The number of nitrogens with zero attached hydrogens (tertiary/aromatic N) is 4. The Morgan fingerprint density at radius 3 is 2.64 bits per heavy atom. The summed E-state index contributed by atoms with van der Waals surface area (Å²) in [5, 5.41) is 5.83. The van der Waals surface area contributed by atoms with Crippen molar-refractivity contribution >= 4 is 44.2 Å². The number of fused-ring (bicyclic) bond motifs is 1. The zero-order valence-corrected chi connectivity index (χ0v) is 24.0. The number of alkyl halides is 3. The second-order valence-corrected chi connectivity index (χ2v) is 11.3. The predicted molar refractivity (Wildman–Crippen MR) is 155 cm³/mol. The fraction of sp³-hybridized carbons (Fsp3) is 0.345. The highest BCUT2D eigenvalue weighted by Gasteiger charge is 2.33. The van der Waals surface area contributed by atoms with Gasteiger partial charge in [0.15, 0.2) is 10.9 Å².